The van der Waals surface area contributed by atoms with Gasteiger partial charge < -0.3 is 14.7 Å². The zero-order valence-corrected chi connectivity index (χ0v) is 12.7. The second-order valence-electron chi connectivity index (χ2n) is 4.83. The van der Waals surface area contributed by atoms with Crippen LogP contribution >= 0.6 is 0 Å². The van der Waals surface area contributed by atoms with Gasteiger partial charge in [0, 0.05) is 25.8 Å². The summed E-state index contributed by atoms with van der Waals surface area (Å²) in [5.41, 5.74) is 1.03. The van der Waals surface area contributed by atoms with E-state index in [-0.39, 0.29) is 11.9 Å². The van der Waals surface area contributed by atoms with E-state index < -0.39 is 5.97 Å². The first-order valence-electron chi connectivity index (χ1n) is 6.95. The molecule has 1 aromatic carbocycles. The summed E-state index contributed by atoms with van der Waals surface area (Å²) in [4.78, 5) is 12.4. The molecule has 1 rings (SSSR count). The van der Waals surface area contributed by atoms with Gasteiger partial charge in [-0.15, -0.1) is 0 Å². The van der Waals surface area contributed by atoms with Gasteiger partial charge >= 0.3 is 5.97 Å². The predicted octanol–water partition coefficient (Wildman–Crippen LogP) is 3.17. The van der Waals surface area contributed by atoms with Crippen LogP contribution in [-0.2, 0) is 9.53 Å². The Morgan fingerprint density at radius 1 is 1.52 bits per heavy atom. The van der Waals surface area contributed by atoms with E-state index in [1.54, 1.807) is 19.2 Å². The standard InChI is InChI=1S/C16H22FNO3/c1-4-12(2)18(9-10-21-3)15-7-5-13(11-14(15)17)6-8-16(19)20/h5-8,11-12H,4,9-10H2,1-3H3,(H,19,20). The first-order valence-corrected chi connectivity index (χ1v) is 6.95. The fraction of sp³-hybridized carbons (Fsp3) is 0.438. The number of aliphatic carboxylic acids is 1. The third-order valence-corrected chi connectivity index (χ3v) is 3.36. The second-order valence-corrected chi connectivity index (χ2v) is 4.83. The van der Waals surface area contributed by atoms with Crippen molar-refractivity contribution < 1.29 is 19.0 Å². The van der Waals surface area contributed by atoms with Crippen molar-refractivity contribution in [3.05, 3.63) is 35.7 Å². The molecule has 0 aromatic heterocycles. The molecule has 0 fully saturated rings. The first-order chi connectivity index (χ1) is 9.99. The molecular formula is C16H22FNO3. The molecule has 0 bridgehead atoms. The summed E-state index contributed by atoms with van der Waals surface area (Å²) in [5, 5.41) is 8.59. The summed E-state index contributed by atoms with van der Waals surface area (Å²) in [5.74, 6) is -1.42. The fourth-order valence-corrected chi connectivity index (χ4v) is 2.02. The van der Waals surface area contributed by atoms with E-state index in [2.05, 4.69) is 0 Å². The number of hydrogen-bond acceptors (Lipinski definition) is 3. The first kappa shape index (κ1) is 17.2. The molecule has 116 valence electrons. The van der Waals surface area contributed by atoms with Gasteiger partial charge in [-0.2, -0.15) is 0 Å². The van der Waals surface area contributed by atoms with Gasteiger partial charge in [0.1, 0.15) is 5.82 Å². The van der Waals surface area contributed by atoms with E-state index in [1.807, 2.05) is 18.7 Å². The predicted molar refractivity (Wildman–Crippen MR) is 82.0 cm³/mol. The van der Waals surface area contributed by atoms with Gasteiger partial charge in [-0.25, -0.2) is 9.18 Å². The number of ether oxygens (including phenoxy) is 1. The molecule has 1 N–H and O–H groups in total. The SMILES string of the molecule is CCC(C)N(CCOC)c1ccc(C=CC(=O)O)cc1F. The number of carboxylic acid groups (broad SMARTS) is 1. The van der Waals surface area contributed by atoms with Crippen molar-refractivity contribution in [2.24, 2.45) is 0 Å². The Kier molecular flexibility index (Phi) is 6.88. The number of methoxy groups -OCH3 is 1. The Morgan fingerprint density at radius 3 is 2.76 bits per heavy atom. The Balaban J connectivity index is 3.01. The highest BCUT2D eigenvalue weighted by Gasteiger charge is 2.16. The van der Waals surface area contributed by atoms with Gasteiger partial charge in [0.05, 0.1) is 12.3 Å². The molecule has 21 heavy (non-hydrogen) atoms. The zero-order chi connectivity index (χ0) is 15.8. The van der Waals surface area contributed by atoms with Crippen molar-refractivity contribution >= 4 is 17.7 Å². The van der Waals surface area contributed by atoms with Crippen molar-refractivity contribution in [1.82, 2.24) is 0 Å². The topological polar surface area (TPSA) is 49.8 Å². The van der Waals surface area contributed by atoms with Gasteiger partial charge in [0.15, 0.2) is 0 Å². The van der Waals surface area contributed by atoms with Crippen molar-refractivity contribution in [1.29, 1.82) is 0 Å². The molecule has 1 atom stereocenters. The molecular weight excluding hydrogens is 273 g/mol. The van der Waals surface area contributed by atoms with E-state index in [4.69, 9.17) is 9.84 Å². The van der Waals surface area contributed by atoms with Crippen molar-refractivity contribution in [2.75, 3.05) is 25.2 Å². The lowest BCUT2D eigenvalue weighted by molar-refractivity contribution is -0.131. The highest BCUT2D eigenvalue weighted by Crippen LogP contribution is 2.24. The molecule has 0 saturated heterocycles. The maximum Gasteiger partial charge on any atom is 0.328 e. The third-order valence-electron chi connectivity index (χ3n) is 3.36. The van der Waals surface area contributed by atoms with Crippen molar-refractivity contribution in [3.8, 4) is 0 Å². The van der Waals surface area contributed by atoms with Gasteiger partial charge in [-0.05, 0) is 37.1 Å². The number of halogens is 1. The minimum atomic E-state index is -1.05. The number of nitrogens with zero attached hydrogens (tertiary/aromatic N) is 1. The lowest BCUT2D eigenvalue weighted by atomic mass is 10.1. The molecule has 0 amide bonds. The number of carboxylic acids is 1. The highest BCUT2D eigenvalue weighted by molar-refractivity contribution is 5.85. The van der Waals surface area contributed by atoms with Crippen molar-refractivity contribution in [3.63, 3.8) is 0 Å². The molecule has 0 heterocycles. The zero-order valence-electron chi connectivity index (χ0n) is 12.7. The Hall–Kier alpha value is -1.88. The van der Waals surface area contributed by atoms with Crippen LogP contribution in [0.5, 0.6) is 0 Å². The maximum absolute atomic E-state index is 14.3. The molecule has 0 aliphatic rings. The second kappa shape index (κ2) is 8.42. The molecule has 0 saturated carbocycles. The van der Waals surface area contributed by atoms with E-state index in [0.717, 1.165) is 12.5 Å². The van der Waals surface area contributed by atoms with Crippen molar-refractivity contribution in [2.45, 2.75) is 26.3 Å². The smallest absolute Gasteiger partial charge is 0.328 e. The van der Waals surface area contributed by atoms with E-state index >= 15 is 0 Å². The van der Waals surface area contributed by atoms with Crippen LogP contribution in [0.15, 0.2) is 24.3 Å². The largest absolute Gasteiger partial charge is 0.478 e. The number of rotatable bonds is 8. The lowest BCUT2D eigenvalue weighted by Gasteiger charge is -2.31. The van der Waals surface area contributed by atoms with Crippen LogP contribution in [0.1, 0.15) is 25.8 Å². The molecule has 0 aliphatic heterocycles. The fourth-order valence-electron chi connectivity index (χ4n) is 2.02. The summed E-state index contributed by atoms with van der Waals surface area (Å²) < 4.78 is 19.4. The number of hydrogen-bond donors (Lipinski definition) is 1. The summed E-state index contributed by atoms with van der Waals surface area (Å²) in [6.07, 6.45) is 3.26. The summed E-state index contributed by atoms with van der Waals surface area (Å²) >= 11 is 0. The van der Waals surface area contributed by atoms with Gasteiger partial charge in [-0.3, -0.25) is 0 Å². The van der Waals surface area contributed by atoms with E-state index in [0.29, 0.717) is 24.4 Å². The Morgan fingerprint density at radius 2 is 2.24 bits per heavy atom. The number of anilines is 1. The van der Waals surface area contributed by atoms with Crippen LogP contribution in [0.25, 0.3) is 6.08 Å². The summed E-state index contributed by atoms with van der Waals surface area (Å²) in [7, 11) is 1.62. The van der Waals surface area contributed by atoms with Gasteiger partial charge in [-0.1, -0.05) is 13.0 Å². The molecule has 1 aromatic rings. The van der Waals surface area contributed by atoms with Crippen LogP contribution in [0.3, 0.4) is 0 Å². The van der Waals surface area contributed by atoms with Crippen LogP contribution in [0, 0.1) is 5.82 Å². The van der Waals surface area contributed by atoms with Gasteiger partial charge in [0.2, 0.25) is 0 Å². The van der Waals surface area contributed by atoms with E-state index in [1.165, 1.54) is 12.1 Å². The number of benzene rings is 1. The monoisotopic (exact) mass is 295 g/mol. The molecule has 4 nitrogen and oxygen atoms in total. The van der Waals surface area contributed by atoms with Crippen LogP contribution < -0.4 is 4.90 Å². The lowest BCUT2D eigenvalue weighted by Crippen LogP contribution is -2.36. The average molecular weight is 295 g/mol. The molecule has 1 unspecified atom stereocenters. The molecule has 5 heteroatoms. The quantitative estimate of drug-likeness (QED) is 0.748. The minimum absolute atomic E-state index is 0.190. The number of carbonyl (C=O) groups is 1. The normalized spacial score (nSPS) is 12.6. The third kappa shape index (κ3) is 5.19. The van der Waals surface area contributed by atoms with Gasteiger partial charge in [0.25, 0.3) is 0 Å². The highest BCUT2D eigenvalue weighted by atomic mass is 19.1. The summed E-state index contributed by atoms with van der Waals surface area (Å²) in [6, 6.07) is 4.92. The van der Waals surface area contributed by atoms with Crippen LogP contribution in [0.2, 0.25) is 0 Å². The molecule has 0 spiro atoms. The molecule has 0 aliphatic carbocycles. The van der Waals surface area contributed by atoms with Crippen LogP contribution in [-0.4, -0.2) is 37.4 Å². The van der Waals surface area contributed by atoms with Crippen LogP contribution in [0.4, 0.5) is 10.1 Å². The minimum Gasteiger partial charge on any atom is -0.478 e. The average Bonchev–Trinajstić information content (AvgIpc) is 2.46. The molecule has 0 radical (unpaired) electrons. The summed E-state index contributed by atoms with van der Waals surface area (Å²) in [6.45, 7) is 5.21. The Bertz CT molecular complexity index is 502. The maximum atomic E-state index is 14.3. The Labute approximate surface area is 124 Å². The van der Waals surface area contributed by atoms with E-state index in [9.17, 15) is 9.18 Å².